The van der Waals surface area contributed by atoms with E-state index in [-0.39, 0.29) is 0 Å². The highest BCUT2D eigenvalue weighted by molar-refractivity contribution is 5.83. The van der Waals surface area contributed by atoms with Gasteiger partial charge in [-0.15, -0.1) is 0 Å². The summed E-state index contributed by atoms with van der Waals surface area (Å²) in [6.07, 6.45) is 3.17. The van der Waals surface area contributed by atoms with E-state index >= 15 is 0 Å². The number of nitrogens with zero attached hydrogens (tertiary/aromatic N) is 1. The topological polar surface area (TPSA) is 42.4 Å². The minimum absolute atomic E-state index is 0.617. The largest absolute Gasteiger partial charge is 0.385 e. The number of aryl methyl sites for hydroxylation is 1. The standard InChI is InChI=1S/C15H17NO2/c1-11-9-12-13(3-2-4-14(12)16-10-11)15(17)5-7-18-8-6-15/h2-4,9-10,17H,5-8H2,1H3. The Bertz CT molecular complexity index is 574. The first-order chi connectivity index (χ1) is 8.69. The zero-order valence-electron chi connectivity index (χ0n) is 10.5. The van der Waals surface area contributed by atoms with Crippen molar-refractivity contribution in [3.8, 4) is 0 Å². The number of aromatic nitrogens is 1. The van der Waals surface area contributed by atoms with Gasteiger partial charge in [0, 0.05) is 37.6 Å². The molecule has 1 aromatic heterocycles. The van der Waals surface area contributed by atoms with Gasteiger partial charge in [-0.3, -0.25) is 4.98 Å². The summed E-state index contributed by atoms with van der Waals surface area (Å²) >= 11 is 0. The molecule has 1 fully saturated rings. The summed E-state index contributed by atoms with van der Waals surface area (Å²) in [7, 11) is 0. The number of aliphatic hydroxyl groups is 1. The van der Waals surface area contributed by atoms with Crippen LogP contribution in [0.4, 0.5) is 0 Å². The van der Waals surface area contributed by atoms with Crippen molar-refractivity contribution >= 4 is 10.9 Å². The third-order valence-electron chi connectivity index (χ3n) is 3.68. The fourth-order valence-electron chi connectivity index (χ4n) is 2.64. The van der Waals surface area contributed by atoms with Gasteiger partial charge in [-0.25, -0.2) is 0 Å². The summed E-state index contributed by atoms with van der Waals surface area (Å²) in [6.45, 7) is 3.26. The summed E-state index contributed by atoms with van der Waals surface area (Å²) in [5.41, 5.74) is 2.27. The Morgan fingerprint density at radius 1 is 1.28 bits per heavy atom. The Morgan fingerprint density at radius 2 is 2.06 bits per heavy atom. The van der Waals surface area contributed by atoms with Gasteiger partial charge in [0.15, 0.2) is 0 Å². The van der Waals surface area contributed by atoms with Gasteiger partial charge in [-0.2, -0.15) is 0 Å². The van der Waals surface area contributed by atoms with Crippen LogP contribution in [0.5, 0.6) is 0 Å². The van der Waals surface area contributed by atoms with Crippen LogP contribution in [0.3, 0.4) is 0 Å². The van der Waals surface area contributed by atoms with E-state index in [1.807, 2.05) is 31.3 Å². The highest BCUT2D eigenvalue weighted by atomic mass is 16.5. The molecule has 0 unspecified atom stereocenters. The lowest BCUT2D eigenvalue weighted by molar-refractivity contribution is -0.0670. The van der Waals surface area contributed by atoms with Crippen molar-refractivity contribution in [3.05, 3.63) is 41.6 Å². The second-order valence-corrected chi connectivity index (χ2v) is 5.03. The number of benzene rings is 1. The number of hydrogen-bond donors (Lipinski definition) is 1. The average Bonchev–Trinajstić information content (AvgIpc) is 2.38. The van der Waals surface area contributed by atoms with Crippen LogP contribution in [0.15, 0.2) is 30.5 Å². The van der Waals surface area contributed by atoms with Crippen molar-refractivity contribution in [2.75, 3.05) is 13.2 Å². The van der Waals surface area contributed by atoms with Crippen LogP contribution in [0.1, 0.15) is 24.0 Å². The molecule has 0 bridgehead atoms. The van der Waals surface area contributed by atoms with E-state index in [4.69, 9.17) is 4.74 Å². The number of fused-ring (bicyclic) bond motifs is 1. The fraction of sp³-hybridized carbons (Fsp3) is 0.400. The van der Waals surface area contributed by atoms with Gasteiger partial charge in [0.1, 0.15) is 0 Å². The molecule has 18 heavy (non-hydrogen) atoms. The minimum Gasteiger partial charge on any atom is -0.385 e. The van der Waals surface area contributed by atoms with Crippen LogP contribution in [0.2, 0.25) is 0 Å². The Morgan fingerprint density at radius 3 is 2.83 bits per heavy atom. The highest BCUT2D eigenvalue weighted by Gasteiger charge is 2.33. The molecule has 0 aliphatic carbocycles. The van der Waals surface area contributed by atoms with Crippen molar-refractivity contribution < 1.29 is 9.84 Å². The van der Waals surface area contributed by atoms with E-state index in [1.54, 1.807) is 0 Å². The molecule has 1 N–H and O–H groups in total. The van der Waals surface area contributed by atoms with Gasteiger partial charge in [0.2, 0.25) is 0 Å². The molecule has 1 aliphatic heterocycles. The van der Waals surface area contributed by atoms with E-state index in [9.17, 15) is 5.11 Å². The smallest absolute Gasteiger partial charge is 0.0946 e. The maximum atomic E-state index is 10.8. The number of hydrogen-bond acceptors (Lipinski definition) is 3. The van der Waals surface area contributed by atoms with Gasteiger partial charge in [-0.1, -0.05) is 12.1 Å². The second-order valence-electron chi connectivity index (χ2n) is 5.03. The molecule has 3 rings (SSSR count). The third-order valence-corrected chi connectivity index (χ3v) is 3.68. The molecule has 2 aromatic rings. The van der Waals surface area contributed by atoms with Crippen molar-refractivity contribution in [2.24, 2.45) is 0 Å². The van der Waals surface area contributed by atoms with Crippen molar-refractivity contribution in [3.63, 3.8) is 0 Å². The molecule has 0 radical (unpaired) electrons. The number of ether oxygens (including phenoxy) is 1. The van der Waals surface area contributed by atoms with Crippen molar-refractivity contribution in [1.29, 1.82) is 0 Å². The Hall–Kier alpha value is -1.45. The van der Waals surface area contributed by atoms with Gasteiger partial charge >= 0.3 is 0 Å². The molecule has 94 valence electrons. The minimum atomic E-state index is -0.771. The Balaban J connectivity index is 2.18. The molecule has 1 aliphatic rings. The summed E-state index contributed by atoms with van der Waals surface area (Å²) in [5, 5.41) is 11.9. The molecule has 3 heteroatoms. The molecular formula is C15H17NO2. The molecule has 0 saturated carbocycles. The van der Waals surface area contributed by atoms with E-state index in [0.717, 1.165) is 22.0 Å². The molecule has 0 spiro atoms. The molecule has 0 atom stereocenters. The van der Waals surface area contributed by atoms with Gasteiger partial charge in [0.05, 0.1) is 11.1 Å². The molecule has 1 aromatic carbocycles. The zero-order valence-corrected chi connectivity index (χ0v) is 10.5. The maximum absolute atomic E-state index is 10.8. The van der Waals surface area contributed by atoms with Crippen LogP contribution < -0.4 is 0 Å². The molecule has 1 saturated heterocycles. The summed E-state index contributed by atoms with van der Waals surface area (Å²) in [5.74, 6) is 0. The summed E-state index contributed by atoms with van der Waals surface area (Å²) in [6, 6.07) is 8.06. The van der Waals surface area contributed by atoms with Crippen molar-refractivity contribution in [1.82, 2.24) is 4.98 Å². The average molecular weight is 243 g/mol. The lowest BCUT2D eigenvalue weighted by atomic mass is 9.84. The van der Waals surface area contributed by atoms with E-state index in [2.05, 4.69) is 11.1 Å². The van der Waals surface area contributed by atoms with Crippen molar-refractivity contribution in [2.45, 2.75) is 25.4 Å². The first-order valence-electron chi connectivity index (χ1n) is 6.35. The predicted molar refractivity (Wildman–Crippen MR) is 70.4 cm³/mol. The van der Waals surface area contributed by atoms with Crippen LogP contribution in [0, 0.1) is 6.92 Å². The maximum Gasteiger partial charge on any atom is 0.0946 e. The van der Waals surface area contributed by atoms with Gasteiger partial charge in [-0.05, 0) is 30.2 Å². The third kappa shape index (κ3) is 1.89. The van der Waals surface area contributed by atoms with E-state index in [1.165, 1.54) is 0 Å². The monoisotopic (exact) mass is 243 g/mol. The SMILES string of the molecule is Cc1cnc2cccc(C3(O)CCOCC3)c2c1. The Kier molecular flexibility index (Phi) is 2.80. The molecule has 2 heterocycles. The quantitative estimate of drug-likeness (QED) is 0.837. The number of rotatable bonds is 1. The van der Waals surface area contributed by atoms with Crippen LogP contribution in [-0.4, -0.2) is 23.3 Å². The molecular weight excluding hydrogens is 226 g/mol. The van der Waals surface area contributed by atoms with Gasteiger partial charge in [0.25, 0.3) is 0 Å². The van der Waals surface area contributed by atoms with Crippen LogP contribution in [0.25, 0.3) is 10.9 Å². The van der Waals surface area contributed by atoms with Crippen LogP contribution in [-0.2, 0) is 10.3 Å². The first kappa shape index (κ1) is 11.6. The Labute approximate surface area is 106 Å². The van der Waals surface area contributed by atoms with Gasteiger partial charge < -0.3 is 9.84 Å². The molecule has 3 nitrogen and oxygen atoms in total. The highest BCUT2D eigenvalue weighted by Crippen LogP contribution is 2.35. The van der Waals surface area contributed by atoms with Crippen LogP contribution >= 0.6 is 0 Å². The van der Waals surface area contributed by atoms with E-state index in [0.29, 0.717) is 26.1 Å². The lowest BCUT2D eigenvalue weighted by Crippen LogP contribution is -2.33. The predicted octanol–water partition coefficient (Wildman–Crippen LogP) is 2.54. The first-order valence-corrected chi connectivity index (χ1v) is 6.35. The summed E-state index contributed by atoms with van der Waals surface area (Å²) in [4.78, 5) is 4.42. The normalized spacial score (nSPS) is 19.0. The zero-order chi connectivity index (χ0) is 12.6. The van der Waals surface area contributed by atoms with E-state index < -0.39 is 5.60 Å². The lowest BCUT2D eigenvalue weighted by Gasteiger charge is -2.33. The second kappa shape index (κ2) is 4.34. The summed E-state index contributed by atoms with van der Waals surface area (Å²) < 4.78 is 5.35. The fourth-order valence-corrected chi connectivity index (χ4v) is 2.64. The number of pyridine rings is 1. The molecule has 0 amide bonds.